The lowest BCUT2D eigenvalue weighted by atomic mass is 10.1. The van der Waals surface area contributed by atoms with E-state index in [1.165, 1.54) is 7.11 Å². The van der Waals surface area contributed by atoms with Gasteiger partial charge in [-0.1, -0.05) is 17.3 Å². The lowest BCUT2D eigenvalue weighted by Gasteiger charge is -2.07. The molecule has 1 aromatic heterocycles. The van der Waals surface area contributed by atoms with E-state index in [4.69, 9.17) is 18.7 Å². The van der Waals surface area contributed by atoms with Crippen molar-refractivity contribution in [1.82, 2.24) is 5.16 Å². The van der Waals surface area contributed by atoms with Crippen LogP contribution in [0.15, 0.2) is 53.1 Å². The van der Waals surface area contributed by atoms with Gasteiger partial charge in [-0.3, -0.25) is 0 Å². The number of methoxy groups -OCH3 is 1. The van der Waals surface area contributed by atoms with Crippen molar-refractivity contribution >= 4 is 5.97 Å². The molecule has 6 heteroatoms. The number of hydrogen-bond donors (Lipinski definition) is 0. The van der Waals surface area contributed by atoms with Crippen LogP contribution in [0.1, 0.15) is 28.5 Å². The molecule has 6 nitrogen and oxygen atoms in total. The van der Waals surface area contributed by atoms with Gasteiger partial charge in [-0.15, -0.1) is 0 Å². The Morgan fingerprint density at radius 3 is 2.93 bits per heavy atom. The molecule has 2 heterocycles. The van der Waals surface area contributed by atoms with E-state index >= 15 is 0 Å². The maximum absolute atomic E-state index is 12.3. The third kappa shape index (κ3) is 3.51. The summed E-state index contributed by atoms with van der Waals surface area (Å²) in [5, 5.41) is 3.99. The van der Waals surface area contributed by atoms with Gasteiger partial charge in [-0.05, 0) is 42.8 Å². The van der Waals surface area contributed by atoms with Crippen LogP contribution in [-0.2, 0) is 17.8 Å². The monoisotopic (exact) mass is 365 g/mol. The number of hydrogen-bond acceptors (Lipinski definition) is 6. The molecule has 0 aliphatic carbocycles. The number of carbonyl (C=O) groups is 1. The fourth-order valence-corrected chi connectivity index (χ4v) is 3.12. The number of rotatable bonds is 5. The molecule has 0 saturated carbocycles. The summed E-state index contributed by atoms with van der Waals surface area (Å²) in [6, 6.07) is 14.6. The number of esters is 1. The Labute approximate surface area is 156 Å². The first kappa shape index (κ1) is 17.1. The average Bonchev–Trinajstić information content (AvgIpc) is 3.30. The minimum Gasteiger partial charge on any atom is -0.496 e. The third-order valence-corrected chi connectivity index (χ3v) is 4.42. The summed E-state index contributed by atoms with van der Waals surface area (Å²) in [4.78, 5) is 12.3. The number of fused-ring (bicyclic) bond motifs is 1. The first-order chi connectivity index (χ1) is 13.1. The molecule has 3 aromatic rings. The van der Waals surface area contributed by atoms with Crippen LogP contribution in [0.25, 0.3) is 11.3 Å². The van der Waals surface area contributed by atoms with Gasteiger partial charge in [-0.2, -0.15) is 0 Å². The number of para-hydroxylation sites is 1. The molecule has 1 unspecified atom stereocenters. The molecule has 1 aliphatic heterocycles. The number of aromatic nitrogens is 1. The Bertz CT molecular complexity index is 978. The molecule has 138 valence electrons. The minimum absolute atomic E-state index is 0.0193. The summed E-state index contributed by atoms with van der Waals surface area (Å²) in [6.45, 7) is 2.06. The van der Waals surface area contributed by atoms with Crippen molar-refractivity contribution in [1.29, 1.82) is 0 Å². The maximum atomic E-state index is 12.3. The number of nitrogens with zero attached hydrogens (tertiary/aromatic N) is 1. The highest BCUT2D eigenvalue weighted by Gasteiger charge is 2.20. The van der Waals surface area contributed by atoms with E-state index in [2.05, 4.69) is 5.16 Å². The Morgan fingerprint density at radius 1 is 1.22 bits per heavy atom. The first-order valence-electron chi connectivity index (χ1n) is 8.69. The number of benzene rings is 2. The topological polar surface area (TPSA) is 70.8 Å². The number of carbonyl (C=O) groups excluding carboxylic acids is 1. The standard InChI is InChI=1S/C21H19NO5/c1-13-9-15-10-14(7-8-18(15)26-13)20-11-16(22-27-20)12-25-21(23)17-5-3-4-6-19(17)24-2/h3-8,10-11,13H,9,12H2,1-2H3. The molecule has 1 aliphatic rings. The van der Waals surface area contributed by atoms with E-state index in [0.717, 1.165) is 23.3 Å². The second kappa shape index (κ2) is 7.15. The van der Waals surface area contributed by atoms with E-state index < -0.39 is 5.97 Å². The zero-order valence-corrected chi connectivity index (χ0v) is 15.1. The van der Waals surface area contributed by atoms with Crippen molar-refractivity contribution in [2.75, 3.05) is 7.11 Å². The van der Waals surface area contributed by atoms with Gasteiger partial charge < -0.3 is 18.7 Å². The predicted octanol–water partition coefficient (Wildman–Crippen LogP) is 4.03. The summed E-state index contributed by atoms with van der Waals surface area (Å²) >= 11 is 0. The fraction of sp³-hybridized carbons (Fsp3) is 0.238. The van der Waals surface area contributed by atoms with Crippen molar-refractivity contribution < 1.29 is 23.5 Å². The van der Waals surface area contributed by atoms with E-state index in [-0.39, 0.29) is 12.7 Å². The van der Waals surface area contributed by atoms with Gasteiger partial charge in [0.2, 0.25) is 0 Å². The van der Waals surface area contributed by atoms with Gasteiger partial charge in [0, 0.05) is 18.1 Å². The zero-order valence-electron chi connectivity index (χ0n) is 15.1. The highest BCUT2D eigenvalue weighted by molar-refractivity contribution is 5.92. The lowest BCUT2D eigenvalue weighted by molar-refractivity contribution is 0.0460. The van der Waals surface area contributed by atoms with E-state index in [9.17, 15) is 4.79 Å². The Morgan fingerprint density at radius 2 is 2.07 bits per heavy atom. The van der Waals surface area contributed by atoms with Crippen molar-refractivity contribution in [3.63, 3.8) is 0 Å². The van der Waals surface area contributed by atoms with E-state index in [1.807, 2.05) is 25.1 Å². The summed E-state index contributed by atoms with van der Waals surface area (Å²) in [5.74, 6) is 1.54. The van der Waals surface area contributed by atoms with Crippen LogP contribution >= 0.6 is 0 Å². The smallest absolute Gasteiger partial charge is 0.342 e. The van der Waals surface area contributed by atoms with Crippen LogP contribution in [0.2, 0.25) is 0 Å². The predicted molar refractivity (Wildman–Crippen MR) is 97.8 cm³/mol. The highest BCUT2D eigenvalue weighted by atomic mass is 16.5. The molecule has 0 bridgehead atoms. The molecule has 0 saturated heterocycles. The van der Waals surface area contributed by atoms with Crippen molar-refractivity contribution in [3.8, 4) is 22.8 Å². The lowest BCUT2D eigenvalue weighted by Crippen LogP contribution is -2.07. The van der Waals surface area contributed by atoms with Crippen LogP contribution < -0.4 is 9.47 Å². The van der Waals surface area contributed by atoms with Crippen LogP contribution in [0, 0.1) is 0 Å². The SMILES string of the molecule is COc1ccccc1C(=O)OCc1cc(-c2ccc3c(c2)CC(C)O3)on1. The Kier molecular flexibility index (Phi) is 4.54. The molecule has 0 fully saturated rings. The van der Waals surface area contributed by atoms with Crippen LogP contribution in [0.5, 0.6) is 11.5 Å². The normalized spacial score (nSPS) is 15.1. The van der Waals surface area contributed by atoms with Crippen molar-refractivity contribution in [2.45, 2.75) is 26.1 Å². The van der Waals surface area contributed by atoms with Crippen LogP contribution in [0.4, 0.5) is 0 Å². The molecule has 0 N–H and O–H groups in total. The quantitative estimate of drug-likeness (QED) is 0.636. The fourth-order valence-electron chi connectivity index (χ4n) is 3.12. The second-order valence-corrected chi connectivity index (χ2v) is 6.41. The summed E-state index contributed by atoms with van der Waals surface area (Å²) in [7, 11) is 1.51. The van der Waals surface area contributed by atoms with Gasteiger partial charge in [0.15, 0.2) is 5.76 Å². The van der Waals surface area contributed by atoms with Gasteiger partial charge in [-0.25, -0.2) is 4.79 Å². The molecule has 1 atom stereocenters. The van der Waals surface area contributed by atoms with Gasteiger partial charge in [0.05, 0.1) is 7.11 Å². The first-order valence-corrected chi connectivity index (χ1v) is 8.69. The molecule has 0 spiro atoms. The molecule has 0 amide bonds. The van der Waals surface area contributed by atoms with E-state index in [0.29, 0.717) is 22.8 Å². The summed E-state index contributed by atoms with van der Waals surface area (Å²) < 4.78 is 21.6. The van der Waals surface area contributed by atoms with Crippen molar-refractivity contribution in [2.24, 2.45) is 0 Å². The number of ether oxygens (including phenoxy) is 3. The van der Waals surface area contributed by atoms with Gasteiger partial charge in [0.1, 0.15) is 35.5 Å². The highest BCUT2D eigenvalue weighted by Crippen LogP contribution is 2.33. The zero-order chi connectivity index (χ0) is 18.8. The second-order valence-electron chi connectivity index (χ2n) is 6.41. The van der Waals surface area contributed by atoms with Gasteiger partial charge >= 0.3 is 5.97 Å². The summed E-state index contributed by atoms with van der Waals surface area (Å²) in [6.07, 6.45) is 1.07. The molecule has 2 aromatic carbocycles. The Balaban J connectivity index is 1.44. The maximum Gasteiger partial charge on any atom is 0.342 e. The van der Waals surface area contributed by atoms with Crippen LogP contribution in [-0.4, -0.2) is 24.3 Å². The van der Waals surface area contributed by atoms with Gasteiger partial charge in [0.25, 0.3) is 0 Å². The largest absolute Gasteiger partial charge is 0.496 e. The summed E-state index contributed by atoms with van der Waals surface area (Å²) in [5.41, 5.74) is 2.98. The molecule has 4 rings (SSSR count). The third-order valence-electron chi connectivity index (χ3n) is 4.42. The van der Waals surface area contributed by atoms with Crippen molar-refractivity contribution in [3.05, 3.63) is 65.4 Å². The minimum atomic E-state index is -0.472. The van der Waals surface area contributed by atoms with Crippen LogP contribution in [0.3, 0.4) is 0 Å². The molecular formula is C21H19NO5. The average molecular weight is 365 g/mol. The molecule has 27 heavy (non-hydrogen) atoms. The van der Waals surface area contributed by atoms with E-state index in [1.54, 1.807) is 30.3 Å². The Hall–Kier alpha value is -3.28. The molecule has 0 radical (unpaired) electrons. The molecular weight excluding hydrogens is 346 g/mol.